The van der Waals surface area contributed by atoms with E-state index in [1.54, 1.807) is 0 Å². The lowest BCUT2D eigenvalue weighted by Crippen LogP contribution is -2.46. The summed E-state index contributed by atoms with van der Waals surface area (Å²) in [5, 5.41) is 0. The van der Waals surface area contributed by atoms with Crippen molar-refractivity contribution < 1.29 is 9.15 Å². The van der Waals surface area contributed by atoms with Crippen LogP contribution in [0.1, 0.15) is 12.7 Å². The number of para-hydroxylation sites is 2. The predicted octanol–water partition coefficient (Wildman–Crippen LogP) is 3.76. The van der Waals surface area contributed by atoms with Crippen molar-refractivity contribution in [2.45, 2.75) is 13.5 Å². The molecule has 2 heterocycles. The second-order valence-electron chi connectivity index (χ2n) is 5.37. The molecule has 0 saturated carbocycles. The topological polar surface area (TPSA) is 28.9 Å². The highest BCUT2D eigenvalue weighted by Crippen LogP contribution is 2.29. The Morgan fingerprint density at radius 3 is 2.55 bits per heavy atom. The van der Waals surface area contributed by atoms with Crippen molar-refractivity contribution in [2.75, 3.05) is 37.7 Å². The number of nitrogens with zero attached hydrogens (tertiary/aromatic N) is 2. The van der Waals surface area contributed by atoms with Gasteiger partial charge in [-0.1, -0.05) is 12.1 Å². The van der Waals surface area contributed by atoms with Gasteiger partial charge in [0.1, 0.15) is 11.5 Å². The number of anilines is 1. The zero-order valence-corrected chi connectivity index (χ0v) is 14.4. The molecule has 1 fully saturated rings. The lowest BCUT2D eigenvalue weighted by atomic mass is 10.2. The Bertz CT molecular complexity index is 606. The number of benzene rings is 1. The fourth-order valence-electron chi connectivity index (χ4n) is 2.80. The molecule has 0 amide bonds. The van der Waals surface area contributed by atoms with Gasteiger partial charge in [-0.15, -0.1) is 0 Å². The summed E-state index contributed by atoms with van der Waals surface area (Å²) in [5.74, 6) is 1.99. The average Bonchev–Trinajstić information content (AvgIpc) is 2.94. The highest BCUT2D eigenvalue weighted by molar-refractivity contribution is 9.10. The number of rotatable bonds is 5. The Morgan fingerprint density at radius 1 is 1.09 bits per heavy atom. The minimum atomic E-state index is 0.699. The SMILES string of the molecule is CCOc1ccccc1N1CCN(Cc2ccc(Br)o2)CC1. The zero-order chi connectivity index (χ0) is 15.4. The van der Waals surface area contributed by atoms with E-state index in [-0.39, 0.29) is 0 Å². The van der Waals surface area contributed by atoms with Crippen molar-refractivity contribution >= 4 is 21.6 Å². The number of hydrogen-bond acceptors (Lipinski definition) is 4. The zero-order valence-electron chi connectivity index (χ0n) is 12.8. The fourth-order valence-corrected chi connectivity index (χ4v) is 3.14. The molecule has 0 radical (unpaired) electrons. The number of hydrogen-bond donors (Lipinski definition) is 0. The summed E-state index contributed by atoms with van der Waals surface area (Å²) >= 11 is 3.35. The minimum absolute atomic E-state index is 0.699. The quantitative estimate of drug-likeness (QED) is 0.807. The molecule has 0 spiro atoms. The van der Waals surface area contributed by atoms with E-state index in [9.17, 15) is 0 Å². The van der Waals surface area contributed by atoms with Gasteiger partial charge in [0, 0.05) is 26.2 Å². The molecule has 118 valence electrons. The minimum Gasteiger partial charge on any atom is -0.492 e. The molecule has 1 aliphatic heterocycles. The van der Waals surface area contributed by atoms with Crippen LogP contribution in [0.3, 0.4) is 0 Å². The maximum atomic E-state index is 5.74. The highest BCUT2D eigenvalue weighted by atomic mass is 79.9. The summed E-state index contributed by atoms with van der Waals surface area (Å²) < 4.78 is 12.1. The van der Waals surface area contributed by atoms with Crippen LogP contribution in [-0.4, -0.2) is 37.7 Å². The third-order valence-electron chi connectivity index (χ3n) is 3.89. The first-order chi connectivity index (χ1) is 10.8. The molecular weight excluding hydrogens is 344 g/mol. The lowest BCUT2D eigenvalue weighted by Gasteiger charge is -2.36. The number of ether oxygens (including phenoxy) is 1. The van der Waals surface area contributed by atoms with Gasteiger partial charge < -0.3 is 14.1 Å². The van der Waals surface area contributed by atoms with Crippen molar-refractivity contribution in [2.24, 2.45) is 0 Å². The normalized spacial score (nSPS) is 16.0. The summed E-state index contributed by atoms with van der Waals surface area (Å²) in [4.78, 5) is 4.82. The van der Waals surface area contributed by atoms with Crippen LogP contribution in [0.15, 0.2) is 45.5 Å². The van der Waals surface area contributed by atoms with Crippen LogP contribution in [0.5, 0.6) is 5.75 Å². The van der Waals surface area contributed by atoms with Gasteiger partial charge in [-0.05, 0) is 47.1 Å². The molecule has 5 heteroatoms. The van der Waals surface area contributed by atoms with E-state index < -0.39 is 0 Å². The van der Waals surface area contributed by atoms with Crippen LogP contribution >= 0.6 is 15.9 Å². The van der Waals surface area contributed by atoms with Crippen LogP contribution < -0.4 is 9.64 Å². The molecular formula is C17H21BrN2O2. The van der Waals surface area contributed by atoms with Crippen molar-refractivity contribution in [3.8, 4) is 5.75 Å². The van der Waals surface area contributed by atoms with Crippen LogP contribution in [0.25, 0.3) is 0 Å². The van der Waals surface area contributed by atoms with Crippen molar-refractivity contribution in [3.05, 3.63) is 46.8 Å². The third kappa shape index (κ3) is 3.65. The van der Waals surface area contributed by atoms with Gasteiger partial charge in [0.15, 0.2) is 4.67 Å². The number of halogens is 1. The average molecular weight is 365 g/mol. The van der Waals surface area contributed by atoms with E-state index in [0.29, 0.717) is 6.61 Å². The molecule has 0 bridgehead atoms. The Morgan fingerprint density at radius 2 is 1.86 bits per heavy atom. The second kappa shape index (κ2) is 7.20. The van der Waals surface area contributed by atoms with E-state index in [1.165, 1.54) is 5.69 Å². The van der Waals surface area contributed by atoms with Crippen LogP contribution in [0.2, 0.25) is 0 Å². The van der Waals surface area contributed by atoms with E-state index in [0.717, 1.165) is 48.9 Å². The molecule has 1 saturated heterocycles. The van der Waals surface area contributed by atoms with Gasteiger partial charge in [0.2, 0.25) is 0 Å². The summed E-state index contributed by atoms with van der Waals surface area (Å²) in [6, 6.07) is 12.3. The van der Waals surface area contributed by atoms with Crippen molar-refractivity contribution in [1.82, 2.24) is 4.90 Å². The van der Waals surface area contributed by atoms with Gasteiger partial charge >= 0.3 is 0 Å². The summed E-state index contributed by atoms with van der Waals surface area (Å²) in [6.45, 7) is 7.66. The van der Waals surface area contributed by atoms with E-state index in [1.807, 2.05) is 31.2 Å². The molecule has 2 aromatic rings. The fraction of sp³-hybridized carbons (Fsp3) is 0.412. The molecule has 0 aliphatic carbocycles. The molecule has 1 aromatic carbocycles. The number of furan rings is 1. The van der Waals surface area contributed by atoms with Crippen molar-refractivity contribution in [3.63, 3.8) is 0 Å². The second-order valence-corrected chi connectivity index (χ2v) is 6.15. The first-order valence-corrected chi connectivity index (χ1v) is 8.49. The Balaban J connectivity index is 1.59. The van der Waals surface area contributed by atoms with E-state index in [2.05, 4.69) is 37.9 Å². The van der Waals surface area contributed by atoms with Crippen LogP contribution in [0, 0.1) is 0 Å². The van der Waals surface area contributed by atoms with Gasteiger partial charge in [0.05, 0.1) is 18.8 Å². The van der Waals surface area contributed by atoms with Gasteiger partial charge in [-0.2, -0.15) is 0 Å². The summed E-state index contributed by atoms with van der Waals surface area (Å²) in [7, 11) is 0. The standard InChI is InChI=1S/C17H21BrN2O2/c1-2-21-16-6-4-3-5-15(16)20-11-9-19(10-12-20)13-14-7-8-17(18)22-14/h3-8H,2,9-13H2,1H3. The maximum absolute atomic E-state index is 5.74. The largest absolute Gasteiger partial charge is 0.492 e. The summed E-state index contributed by atoms with van der Waals surface area (Å²) in [5.41, 5.74) is 1.20. The smallest absolute Gasteiger partial charge is 0.169 e. The first kappa shape index (κ1) is 15.4. The van der Waals surface area contributed by atoms with Gasteiger partial charge in [-0.3, -0.25) is 4.90 Å². The predicted molar refractivity (Wildman–Crippen MR) is 91.5 cm³/mol. The highest BCUT2D eigenvalue weighted by Gasteiger charge is 2.20. The molecule has 0 unspecified atom stereocenters. The molecule has 1 aliphatic rings. The first-order valence-electron chi connectivity index (χ1n) is 7.69. The number of piperazine rings is 1. The molecule has 0 atom stereocenters. The maximum Gasteiger partial charge on any atom is 0.169 e. The monoisotopic (exact) mass is 364 g/mol. The molecule has 0 N–H and O–H groups in total. The molecule has 1 aromatic heterocycles. The Labute approximate surface area is 139 Å². The Hall–Kier alpha value is -1.46. The van der Waals surface area contributed by atoms with Gasteiger partial charge in [-0.25, -0.2) is 0 Å². The van der Waals surface area contributed by atoms with Crippen LogP contribution in [-0.2, 0) is 6.54 Å². The summed E-state index contributed by atoms with van der Waals surface area (Å²) in [6.07, 6.45) is 0. The van der Waals surface area contributed by atoms with E-state index in [4.69, 9.17) is 9.15 Å². The lowest BCUT2D eigenvalue weighted by molar-refractivity contribution is 0.228. The third-order valence-corrected chi connectivity index (χ3v) is 4.31. The van der Waals surface area contributed by atoms with E-state index >= 15 is 0 Å². The van der Waals surface area contributed by atoms with Crippen LogP contribution in [0.4, 0.5) is 5.69 Å². The molecule has 3 rings (SSSR count). The van der Waals surface area contributed by atoms with Gasteiger partial charge in [0.25, 0.3) is 0 Å². The molecule has 22 heavy (non-hydrogen) atoms. The Kier molecular flexibility index (Phi) is 5.05. The molecule has 4 nitrogen and oxygen atoms in total. The van der Waals surface area contributed by atoms with Crippen molar-refractivity contribution in [1.29, 1.82) is 0 Å².